The first kappa shape index (κ1) is 60.8. The van der Waals surface area contributed by atoms with Gasteiger partial charge in [0.2, 0.25) is 0 Å². The number of hydrogen-bond acceptors (Lipinski definition) is 9. The van der Waals surface area contributed by atoms with Crippen molar-refractivity contribution in [3.05, 3.63) is 179 Å². The molecule has 0 aliphatic heterocycles. The average molecular weight is 929 g/mol. The summed E-state index contributed by atoms with van der Waals surface area (Å²) in [5.41, 5.74) is 11.1. The quantitative estimate of drug-likeness (QED) is 0.162. The molecule has 0 spiro atoms. The van der Waals surface area contributed by atoms with Gasteiger partial charge in [-0.25, -0.2) is 0 Å². The smallest absolute Gasteiger partial charge is 0.0889 e. The molecule has 372 valence electrons. The fourth-order valence-corrected chi connectivity index (χ4v) is 5.63. The van der Waals surface area contributed by atoms with Crippen molar-refractivity contribution in [3.63, 3.8) is 0 Å². The van der Waals surface area contributed by atoms with Gasteiger partial charge >= 0.3 is 0 Å². The van der Waals surface area contributed by atoms with Gasteiger partial charge in [0.15, 0.2) is 0 Å². The summed E-state index contributed by atoms with van der Waals surface area (Å²) in [7, 11) is 0. The van der Waals surface area contributed by atoms with Crippen LogP contribution in [0.2, 0.25) is 0 Å². The molecule has 68 heavy (non-hydrogen) atoms. The molecule has 0 saturated carbocycles. The van der Waals surface area contributed by atoms with Crippen LogP contribution in [0.15, 0.2) is 128 Å². The van der Waals surface area contributed by atoms with Gasteiger partial charge in [0.05, 0.1) is 37.8 Å². The van der Waals surface area contributed by atoms with Crippen molar-refractivity contribution >= 4 is 0 Å². The van der Waals surface area contributed by atoms with Crippen molar-refractivity contribution in [1.82, 2.24) is 29.9 Å². The van der Waals surface area contributed by atoms with Gasteiger partial charge in [-0.3, -0.25) is 29.9 Å². The first-order valence-electron chi connectivity index (χ1n) is 23.8. The van der Waals surface area contributed by atoms with E-state index in [0.29, 0.717) is 13.2 Å². The van der Waals surface area contributed by atoms with Crippen LogP contribution in [0, 0.1) is 6.92 Å². The van der Waals surface area contributed by atoms with Crippen LogP contribution >= 0.6 is 0 Å². The lowest BCUT2D eigenvalue weighted by molar-refractivity contribution is 0.0795. The van der Waals surface area contributed by atoms with E-state index in [2.05, 4.69) is 192 Å². The summed E-state index contributed by atoms with van der Waals surface area (Å²) in [6.45, 7) is 41.9. The largest absolute Gasteiger partial charge is 0.394 e. The van der Waals surface area contributed by atoms with Gasteiger partial charge in [-0.05, 0) is 100 Å². The Labute approximate surface area is 412 Å². The summed E-state index contributed by atoms with van der Waals surface area (Å²) < 4.78 is 5.22. The van der Waals surface area contributed by atoms with E-state index >= 15 is 0 Å². The number of rotatable bonds is 5. The molecule has 9 heteroatoms. The van der Waals surface area contributed by atoms with Crippen LogP contribution in [0.3, 0.4) is 0 Å². The number of hydrogen-bond donors (Lipinski definition) is 2. The first-order chi connectivity index (χ1) is 31.4. The van der Waals surface area contributed by atoms with Crippen molar-refractivity contribution in [2.75, 3.05) is 13.2 Å². The van der Waals surface area contributed by atoms with Crippen LogP contribution in [-0.2, 0) is 50.4 Å². The Balaban J connectivity index is 0.000000411. The molecule has 2 N–H and O–H groups in total. The molecule has 0 aromatic carbocycles. The summed E-state index contributed by atoms with van der Waals surface area (Å²) in [5.74, 6) is 0. The Morgan fingerprint density at radius 1 is 0.426 bits per heavy atom. The van der Waals surface area contributed by atoms with Crippen LogP contribution in [0.25, 0.3) is 0 Å². The van der Waals surface area contributed by atoms with Crippen molar-refractivity contribution in [2.45, 2.75) is 177 Å². The van der Waals surface area contributed by atoms with Gasteiger partial charge < -0.3 is 14.9 Å². The zero-order chi connectivity index (χ0) is 51.8. The number of nitrogens with zero attached hydrogens (tertiary/aromatic N) is 6. The van der Waals surface area contributed by atoms with Gasteiger partial charge in [-0.15, -0.1) is 0 Å². The maximum Gasteiger partial charge on any atom is 0.0889 e. The summed E-state index contributed by atoms with van der Waals surface area (Å²) in [6, 6.07) is 28.1. The third-order valence-corrected chi connectivity index (χ3v) is 10.0. The second kappa shape index (κ2) is 28.3. The topological polar surface area (TPSA) is 127 Å². The highest BCUT2D eigenvalue weighted by Crippen LogP contribution is 2.24. The van der Waals surface area contributed by atoms with Crippen LogP contribution in [0.1, 0.15) is 175 Å². The van der Waals surface area contributed by atoms with E-state index in [9.17, 15) is 0 Å². The highest BCUT2D eigenvalue weighted by molar-refractivity contribution is 5.24. The lowest BCUT2D eigenvalue weighted by Crippen LogP contribution is -2.14. The highest BCUT2D eigenvalue weighted by atomic mass is 16.5. The zero-order valence-corrected chi connectivity index (χ0v) is 45.4. The molecule has 0 fully saturated rings. The number of aliphatic hydroxyl groups excluding tert-OH is 2. The molecule has 0 aliphatic rings. The SMILES string of the molecule is CC(C)(C)c1cccc(CO)n1.CC(C)(C)c1cccc(COCCO)n1.CC(C)(C)c1ccccn1.CC(C)(C)c1cccnc1.CC(C)(C)c1ccncc1.Cc1cncc(C(C)(C)C)c1. The van der Waals surface area contributed by atoms with E-state index in [1.54, 1.807) is 6.20 Å². The summed E-state index contributed by atoms with van der Waals surface area (Å²) in [4.78, 5) is 25.2. The third-order valence-electron chi connectivity index (χ3n) is 10.0. The van der Waals surface area contributed by atoms with Crippen molar-refractivity contribution in [2.24, 2.45) is 0 Å². The predicted octanol–water partition coefficient (Wildman–Crippen LogP) is 13.6. The second-order valence-electron chi connectivity index (χ2n) is 22.9. The lowest BCUT2D eigenvalue weighted by Gasteiger charge is -2.18. The van der Waals surface area contributed by atoms with E-state index < -0.39 is 0 Å². The Bertz CT molecular complexity index is 2120. The zero-order valence-electron chi connectivity index (χ0n) is 45.4. The van der Waals surface area contributed by atoms with Crippen LogP contribution in [0.4, 0.5) is 0 Å². The van der Waals surface area contributed by atoms with E-state index in [-0.39, 0.29) is 45.7 Å². The highest BCUT2D eigenvalue weighted by Gasteiger charge is 2.17. The van der Waals surface area contributed by atoms with E-state index in [1.165, 1.54) is 22.3 Å². The fourth-order valence-electron chi connectivity index (χ4n) is 5.63. The monoisotopic (exact) mass is 929 g/mol. The molecule has 6 aromatic heterocycles. The van der Waals surface area contributed by atoms with E-state index in [1.807, 2.05) is 91.8 Å². The number of ether oxygens (including phenoxy) is 1. The Morgan fingerprint density at radius 2 is 0.926 bits per heavy atom. The molecular formula is C59H88N6O3. The summed E-state index contributed by atoms with van der Waals surface area (Å²) in [5, 5.41) is 17.4. The Hall–Kier alpha value is -5.22. The molecule has 6 heterocycles. The molecule has 6 aromatic rings. The lowest BCUT2D eigenvalue weighted by atomic mass is 9.88. The van der Waals surface area contributed by atoms with Crippen LogP contribution in [0.5, 0.6) is 0 Å². The first-order valence-corrected chi connectivity index (χ1v) is 23.8. The molecule has 0 atom stereocenters. The number of aromatic nitrogens is 6. The average Bonchev–Trinajstić information content (AvgIpc) is 3.27. The number of aliphatic hydroxyl groups is 2. The normalized spacial score (nSPS) is 11.6. The minimum Gasteiger partial charge on any atom is -0.394 e. The van der Waals surface area contributed by atoms with Crippen molar-refractivity contribution in [1.29, 1.82) is 0 Å². The Kier molecular flexibility index (Phi) is 25.3. The minimum absolute atomic E-state index is 0.0178. The van der Waals surface area contributed by atoms with E-state index in [0.717, 1.165) is 28.5 Å². The summed E-state index contributed by atoms with van der Waals surface area (Å²) >= 11 is 0. The third kappa shape index (κ3) is 25.8. The maximum absolute atomic E-state index is 8.87. The molecule has 0 unspecified atom stereocenters. The summed E-state index contributed by atoms with van der Waals surface area (Å²) in [6.07, 6.45) is 13.0. The maximum atomic E-state index is 8.87. The minimum atomic E-state index is 0.0178. The molecule has 0 radical (unpaired) electrons. The number of aryl methyl sites for hydroxylation is 1. The van der Waals surface area contributed by atoms with Crippen LogP contribution < -0.4 is 0 Å². The molecule has 9 nitrogen and oxygen atoms in total. The second-order valence-corrected chi connectivity index (χ2v) is 22.9. The molecular weight excluding hydrogens is 841 g/mol. The molecule has 0 aliphatic carbocycles. The standard InChI is InChI=1S/C12H19NO2.C10H15NO.C10H15N.3C9H13N/c1-12(2,3)11-6-4-5-10(13-11)9-15-8-7-14;1-10(2,3)9-6-4-5-8(7-12)11-9;1-8-5-9(7-11-6-8)10(2,3)4;1-9(2,3)8-4-6-10-7-5-8;1-9(2,3)8-5-4-6-10-7-8;1-9(2,3)8-6-4-5-7-10-8/h4-6,14H,7-9H2,1-3H3;4-6,12H,7H2,1-3H3;5-7H,1-4H3;3*4-7H,1-3H3. The van der Waals surface area contributed by atoms with Crippen molar-refractivity contribution < 1.29 is 14.9 Å². The van der Waals surface area contributed by atoms with Gasteiger partial charge in [0.25, 0.3) is 0 Å². The van der Waals surface area contributed by atoms with Gasteiger partial charge in [-0.2, -0.15) is 0 Å². The van der Waals surface area contributed by atoms with Gasteiger partial charge in [0, 0.05) is 76.7 Å². The molecule has 0 amide bonds. The van der Waals surface area contributed by atoms with Gasteiger partial charge in [-0.1, -0.05) is 155 Å². The van der Waals surface area contributed by atoms with Crippen LogP contribution in [-0.4, -0.2) is 53.3 Å². The predicted molar refractivity (Wildman–Crippen MR) is 285 cm³/mol. The van der Waals surface area contributed by atoms with E-state index in [4.69, 9.17) is 14.9 Å². The van der Waals surface area contributed by atoms with Gasteiger partial charge in [0.1, 0.15) is 0 Å². The fraction of sp³-hybridized carbons (Fsp3) is 0.492. The molecule has 0 bridgehead atoms. The molecule has 6 rings (SSSR count). The number of pyridine rings is 6. The van der Waals surface area contributed by atoms with Crippen molar-refractivity contribution in [3.8, 4) is 0 Å². The molecule has 0 saturated heterocycles. The Morgan fingerprint density at radius 3 is 1.29 bits per heavy atom.